The summed E-state index contributed by atoms with van der Waals surface area (Å²) < 4.78 is 1.13. The molecule has 1 aromatic rings. The lowest BCUT2D eigenvalue weighted by atomic mass is 10.2. The number of anilines is 1. The van der Waals surface area contributed by atoms with Gasteiger partial charge in [-0.25, -0.2) is 0 Å². The maximum atomic E-state index is 5.97. The SMILES string of the molecule is CC1CCN(c2cccc(Br)c2)C(CN)CN1C. The molecular formula is C14H22BrN3. The van der Waals surface area contributed by atoms with Crippen LogP contribution < -0.4 is 10.6 Å². The zero-order chi connectivity index (χ0) is 13.1. The van der Waals surface area contributed by atoms with Crippen molar-refractivity contribution >= 4 is 21.6 Å². The number of nitrogens with zero attached hydrogens (tertiary/aromatic N) is 2. The maximum Gasteiger partial charge on any atom is 0.0539 e. The Morgan fingerprint density at radius 3 is 2.89 bits per heavy atom. The fraction of sp³-hybridized carbons (Fsp3) is 0.571. The van der Waals surface area contributed by atoms with Gasteiger partial charge in [-0.3, -0.25) is 0 Å². The van der Waals surface area contributed by atoms with Crippen LogP contribution in [0.2, 0.25) is 0 Å². The fourth-order valence-electron chi connectivity index (χ4n) is 2.54. The third-order valence-corrected chi connectivity index (χ3v) is 4.38. The van der Waals surface area contributed by atoms with E-state index >= 15 is 0 Å². The highest BCUT2D eigenvalue weighted by Crippen LogP contribution is 2.24. The normalized spacial score (nSPS) is 26.1. The van der Waals surface area contributed by atoms with Crippen molar-refractivity contribution < 1.29 is 0 Å². The Morgan fingerprint density at radius 2 is 2.22 bits per heavy atom. The highest BCUT2D eigenvalue weighted by molar-refractivity contribution is 9.10. The molecule has 0 aliphatic carbocycles. The monoisotopic (exact) mass is 311 g/mol. The van der Waals surface area contributed by atoms with E-state index in [0.29, 0.717) is 18.6 Å². The van der Waals surface area contributed by atoms with Crippen LogP contribution in [0.1, 0.15) is 13.3 Å². The first-order valence-electron chi connectivity index (χ1n) is 6.54. The Labute approximate surface area is 118 Å². The molecule has 0 saturated carbocycles. The second-order valence-corrected chi connectivity index (χ2v) is 6.06. The summed E-state index contributed by atoms with van der Waals surface area (Å²) in [5.74, 6) is 0. The second-order valence-electron chi connectivity index (χ2n) is 5.14. The standard InChI is InChI=1S/C14H22BrN3/c1-11-6-7-18(14(9-16)10-17(11)2)13-5-3-4-12(15)8-13/h3-5,8,11,14H,6-7,9-10,16H2,1-2H3. The van der Waals surface area contributed by atoms with Crippen LogP contribution in [0.15, 0.2) is 28.7 Å². The minimum absolute atomic E-state index is 0.397. The molecule has 2 unspecified atom stereocenters. The molecule has 1 fully saturated rings. The average molecular weight is 312 g/mol. The first kappa shape index (κ1) is 13.8. The molecule has 0 amide bonds. The Bertz CT molecular complexity index is 396. The maximum absolute atomic E-state index is 5.97. The molecule has 3 nitrogen and oxygen atoms in total. The quantitative estimate of drug-likeness (QED) is 0.909. The Hall–Kier alpha value is -0.580. The van der Waals surface area contributed by atoms with Crippen LogP contribution in [0, 0.1) is 0 Å². The van der Waals surface area contributed by atoms with Crippen LogP contribution in [0.5, 0.6) is 0 Å². The van der Waals surface area contributed by atoms with Crippen LogP contribution in [0.4, 0.5) is 5.69 Å². The van der Waals surface area contributed by atoms with Gasteiger partial charge in [-0.2, -0.15) is 0 Å². The molecule has 0 bridgehead atoms. The second kappa shape index (κ2) is 6.04. The summed E-state index contributed by atoms with van der Waals surface area (Å²) in [7, 11) is 2.19. The number of hydrogen-bond donors (Lipinski definition) is 1. The number of rotatable bonds is 2. The molecule has 2 atom stereocenters. The molecule has 0 spiro atoms. The molecule has 1 saturated heterocycles. The van der Waals surface area contributed by atoms with E-state index in [0.717, 1.165) is 17.6 Å². The van der Waals surface area contributed by atoms with E-state index in [4.69, 9.17) is 5.73 Å². The van der Waals surface area contributed by atoms with E-state index in [-0.39, 0.29) is 0 Å². The summed E-state index contributed by atoms with van der Waals surface area (Å²) in [6.07, 6.45) is 1.18. The van der Waals surface area contributed by atoms with Crippen molar-refractivity contribution in [2.75, 3.05) is 31.6 Å². The molecule has 18 heavy (non-hydrogen) atoms. The van der Waals surface area contributed by atoms with Gasteiger partial charge in [0.15, 0.2) is 0 Å². The molecular weight excluding hydrogens is 290 g/mol. The van der Waals surface area contributed by atoms with Crippen molar-refractivity contribution in [1.82, 2.24) is 4.90 Å². The van der Waals surface area contributed by atoms with Gasteiger partial charge in [0.05, 0.1) is 6.04 Å². The van der Waals surface area contributed by atoms with Crippen LogP contribution in [0.3, 0.4) is 0 Å². The van der Waals surface area contributed by atoms with Gasteiger partial charge in [0.25, 0.3) is 0 Å². The first-order valence-corrected chi connectivity index (χ1v) is 7.33. The van der Waals surface area contributed by atoms with Crippen LogP contribution >= 0.6 is 15.9 Å². The summed E-state index contributed by atoms with van der Waals surface area (Å²) in [6.45, 7) is 5.09. The van der Waals surface area contributed by atoms with Crippen molar-refractivity contribution in [1.29, 1.82) is 0 Å². The summed E-state index contributed by atoms with van der Waals surface area (Å²) in [4.78, 5) is 4.86. The van der Waals surface area contributed by atoms with Gasteiger partial charge in [0.2, 0.25) is 0 Å². The smallest absolute Gasteiger partial charge is 0.0539 e. The summed E-state index contributed by atoms with van der Waals surface area (Å²) in [6, 6.07) is 9.52. The summed E-state index contributed by atoms with van der Waals surface area (Å²) in [5.41, 5.74) is 7.23. The van der Waals surface area contributed by atoms with E-state index < -0.39 is 0 Å². The minimum Gasteiger partial charge on any atom is -0.366 e. The molecule has 4 heteroatoms. The van der Waals surface area contributed by atoms with Crippen LogP contribution in [-0.4, -0.2) is 43.7 Å². The summed E-state index contributed by atoms with van der Waals surface area (Å²) in [5, 5.41) is 0. The van der Waals surface area contributed by atoms with E-state index in [1.807, 2.05) is 0 Å². The van der Waals surface area contributed by atoms with E-state index in [1.165, 1.54) is 12.1 Å². The molecule has 2 N–H and O–H groups in total. The fourth-order valence-corrected chi connectivity index (χ4v) is 2.92. The third kappa shape index (κ3) is 3.05. The van der Waals surface area contributed by atoms with Gasteiger partial charge < -0.3 is 15.5 Å². The third-order valence-electron chi connectivity index (χ3n) is 3.89. The van der Waals surface area contributed by atoms with Crippen LogP contribution in [0.25, 0.3) is 0 Å². The van der Waals surface area contributed by atoms with Gasteiger partial charge in [-0.1, -0.05) is 22.0 Å². The van der Waals surface area contributed by atoms with Gasteiger partial charge in [0, 0.05) is 35.8 Å². The largest absolute Gasteiger partial charge is 0.366 e. The predicted molar refractivity (Wildman–Crippen MR) is 81.0 cm³/mol. The van der Waals surface area contributed by atoms with E-state index in [1.54, 1.807) is 0 Å². The van der Waals surface area contributed by atoms with Crippen molar-refractivity contribution in [3.8, 4) is 0 Å². The number of benzene rings is 1. The molecule has 0 radical (unpaired) electrons. The molecule has 100 valence electrons. The van der Waals surface area contributed by atoms with Crippen molar-refractivity contribution in [3.63, 3.8) is 0 Å². The zero-order valence-electron chi connectivity index (χ0n) is 11.1. The van der Waals surface area contributed by atoms with Crippen molar-refractivity contribution in [2.24, 2.45) is 5.73 Å². The van der Waals surface area contributed by atoms with Gasteiger partial charge >= 0.3 is 0 Å². The minimum atomic E-state index is 0.397. The Kier molecular flexibility index (Phi) is 4.65. The van der Waals surface area contributed by atoms with Gasteiger partial charge in [-0.15, -0.1) is 0 Å². The highest BCUT2D eigenvalue weighted by Gasteiger charge is 2.25. The molecule has 1 aliphatic rings. The number of halogens is 1. The molecule has 0 aromatic heterocycles. The van der Waals surface area contributed by atoms with Crippen LogP contribution in [-0.2, 0) is 0 Å². The van der Waals surface area contributed by atoms with E-state index in [9.17, 15) is 0 Å². The lowest BCUT2D eigenvalue weighted by molar-refractivity contribution is 0.256. The number of hydrogen-bond acceptors (Lipinski definition) is 3. The highest BCUT2D eigenvalue weighted by atomic mass is 79.9. The molecule has 1 aliphatic heterocycles. The molecule has 1 aromatic carbocycles. The topological polar surface area (TPSA) is 32.5 Å². The van der Waals surface area contributed by atoms with Crippen molar-refractivity contribution in [3.05, 3.63) is 28.7 Å². The number of nitrogens with two attached hydrogens (primary N) is 1. The lowest BCUT2D eigenvalue weighted by Crippen LogP contribution is -2.45. The predicted octanol–water partition coefficient (Wildman–Crippen LogP) is 2.31. The van der Waals surface area contributed by atoms with Crippen molar-refractivity contribution in [2.45, 2.75) is 25.4 Å². The van der Waals surface area contributed by atoms with E-state index in [2.05, 4.69) is 64.0 Å². The average Bonchev–Trinajstić information content (AvgIpc) is 2.50. The lowest BCUT2D eigenvalue weighted by Gasteiger charge is -2.32. The Morgan fingerprint density at radius 1 is 1.44 bits per heavy atom. The summed E-state index contributed by atoms with van der Waals surface area (Å²) >= 11 is 3.55. The van der Waals surface area contributed by atoms with Gasteiger partial charge in [0.1, 0.15) is 0 Å². The molecule has 1 heterocycles. The zero-order valence-corrected chi connectivity index (χ0v) is 12.7. The van der Waals surface area contributed by atoms with Gasteiger partial charge in [-0.05, 0) is 38.6 Å². The molecule has 2 rings (SSSR count). The number of likely N-dealkylation sites (N-methyl/N-ethyl adjacent to an activating group) is 1. The Balaban J connectivity index is 2.24. The first-order chi connectivity index (χ1) is 8.61.